The van der Waals surface area contributed by atoms with Gasteiger partial charge < -0.3 is 9.73 Å². The van der Waals surface area contributed by atoms with E-state index in [0.717, 1.165) is 6.42 Å². The molecule has 2 aromatic rings. The minimum atomic E-state index is -3.75. The minimum Gasteiger partial charge on any atom is -0.447 e. The van der Waals surface area contributed by atoms with Crippen LogP contribution < -0.4 is 10.5 Å². The average Bonchev–Trinajstić information content (AvgIpc) is 3.03. The number of rotatable bonds is 5. The molecule has 1 aliphatic carbocycles. The second-order valence-corrected chi connectivity index (χ2v) is 6.50. The number of furan rings is 1. The lowest BCUT2D eigenvalue weighted by molar-refractivity contribution is 0.401. The third kappa shape index (κ3) is 2.92. The van der Waals surface area contributed by atoms with Crippen molar-refractivity contribution in [2.75, 3.05) is 0 Å². The molecule has 5 nitrogen and oxygen atoms in total. The molecule has 0 bridgehead atoms. The molecule has 1 aromatic carbocycles. The maximum Gasteiger partial charge on any atom is 0.271 e. The summed E-state index contributed by atoms with van der Waals surface area (Å²) in [6.07, 6.45) is 1.09. The first-order valence-electron chi connectivity index (χ1n) is 6.44. The number of hydrogen-bond acceptors (Lipinski definition) is 4. The molecule has 2 atom stereocenters. The van der Waals surface area contributed by atoms with Crippen LogP contribution in [0.1, 0.15) is 23.7 Å². The summed E-state index contributed by atoms with van der Waals surface area (Å²) in [5.74, 6) is 1.11. The Morgan fingerprint density at radius 2 is 1.95 bits per heavy atom. The second-order valence-electron chi connectivity index (χ2n) is 5.01. The Hall–Kier alpha value is -1.63. The van der Waals surface area contributed by atoms with Crippen molar-refractivity contribution in [1.82, 2.24) is 5.32 Å². The second kappa shape index (κ2) is 5.05. The van der Waals surface area contributed by atoms with Crippen LogP contribution in [0, 0.1) is 0 Å². The summed E-state index contributed by atoms with van der Waals surface area (Å²) in [7, 11) is -3.75. The van der Waals surface area contributed by atoms with Gasteiger partial charge in [0.25, 0.3) is 10.0 Å². The van der Waals surface area contributed by atoms with Gasteiger partial charge in [0.2, 0.25) is 5.09 Å². The standard InChI is InChI=1S/C14H16N2O3S/c15-20(17,18)14-7-6-11(19-14)9-16-13-8-12(13)10-4-2-1-3-5-10/h1-7,12-13,16H,8-9H2,(H2,15,17,18). The van der Waals surface area contributed by atoms with Crippen molar-refractivity contribution in [3.05, 3.63) is 53.8 Å². The van der Waals surface area contributed by atoms with Gasteiger partial charge in [-0.1, -0.05) is 30.3 Å². The predicted octanol–water partition coefficient (Wildman–Crippen LogP) is 1.57. The fourth-order valence-electron chi connectivity index (χ4n) is 2.33. The number of nitrogens with one attached hydrogen (secondary N) is 1. The van der Waals surface area contributed by atoms with E-state index in [9.17, 15) is 8.42 Å². The van der Waals surface area contributed by atoms with Gasteiger partial charge in [-0.2, -0.15) is 0 Å². The maximum absolute atomic E-state index is 11.1. The van der Waals surface area contributed by atoms with E-state index in [1.807, 2.05) is 18.2 Å². The van der Waals surface area contributed by atoms with Crippen LogP contribution >= 0.6 is 0 Å². The average molecular weight is 292 g/mol. The SMILES string of the molecule is NS(=O)(=O)c1ccc(CNC2CC2c2ccccc2)o1. The van der Waals surface area contributed by atoms with E-state index >= 15 is 0 Å². The first-order valence-corrected chi connectivity index (χ1v) is 7.98. The lowest BCUT2D eigenvalue weighted by Crippen LogP contribution is -2.17. The molecule has 0 amide bonds. The van der Waals surface area contributed by atoms with Gasteiger partial charge >= 0.3 is 0 Å². The number of benzene rings is 1. The molecule has 0 aliphatic heterocycles. The minimum absolute atomic E-state index is 0.190. The first-order chi connectivity index (χ1) is 9.54. The largest absolute Gasteiger partial charge is 0.447 e. The van der Waals surface area contributed by atoms with Crippen molar-refractivity contribution < 1.29 is 12.8 Å². The van der Waals surface area contributed by atoms with Gasteiger partial charge in [0.1, 0.15) is 5.76 Å². The van der Waals surface area contributed by atoms with Crippen molar-refractivity contribution in [2.45, 2.75) is 30.0 Å². The molecular formula is C14H16N2O3S. The number of primary sulfonamides is 1. The Labute approximate surface area is 117 Å². The molecule has 20 heavy (non-hydrogen) atoms. The lowest BCUT2D eigenvalue weighted by Gasteiger charge is -2.02. The van der Waals surface area contributed by atoms with Gasteiger partial charge in [0.05, 0.1) is 6.54 Å². The van der Waals surface area contributed by atoms with Gasteiger partial charge in [-0.15, -0.1) is 0 Å². The zero-order valence-corrected chi connectivity index (χ0v) is 11.6. The van der Waals surface area contributed by atoms with E-state index < -0.39 is 10.0 Å². The van der Waals surface area contributed by atoms with Crippen molar-refractivity contribution in [3.63, 3.8) is 0 Å². The molecule has 1 heterocycles. The smallest absolute Gasteiger partial charge is 0.271 e. The molecule has 6 heteroatoms. The highest BCUT2D eigenvalue weighted by Crippen LogP contribution is 2.40. The lowest BCUT2D eigenvalue weighted by atomic mass is 10.1. The molecule has 1 aliphatic rings. The summed E-state index contributed by atoms with van der Waals surface area (Å²) in [5, 5.41) is 8.16. The predicted molar refractivity (Wildman–Crippen MR) is 74.5 cm³/mol. The Morgan fingerprint density at radius 1 is 1.20 bits per heavy atom. The van der Waals surface area contributed by atoms with E-state index in [1.54, 1.807) is 6.07 Å². The van der Waals surface area contributed by atoms with Gasteiger partial charge in [-0.05, 0) is 24.1 Å². The fourth-order valence-corrected chi connectivity index (χ4v) is 2.81. The molecule has 106 valence electrons. The Bertz CT molecular complexity index is 694. The molecule has 0 saturated heterocycles. The van der Waals surface area contributed by atoms with Crippen LogP contribution in [-0.2, 0) is 16.6 Å². The van der Waals surface area contributed by atoms with Crippen molar-refractivity contribution in [1.29, 1.82) is 0 Å². The highest BCUT2D eigenvalue weighted by molar-refractivity contribution is 7.89. The summed E-state index contributed by atoms with van der Waals surface area (Å²) in [6.45, 7) is 0.503. The molecule has 0 spiro atoms. The Morgan fingerprint density at radius 3 is 2.60 bits per heavy atom. The zero-order valence-electron chi connectivity index (χ0n) is 10.8. The normalized spacial score (nSPS) is 21.9. The van der Waals surface area contributed by atoms with Crippen LogP contribution in [0.15, 0.2) is 52.0 Å². The quantitative estimate of drug-likeness (QED) is 0.876. The van der Waals surface area contributed by atoms with E-state index in [0.29, 0.717) is 24.3 Å². The number of hydrogen-bond donors (Lipinski definition) is 2. The van der Waals surface area contributed by atoms with E-state index in [4.69, 9.17) is 9.56 Å². The summed E-state index contributed by atoms with van der Waals surface area (Å²) in [4.78, 5) is 0. The topological polar surface area (TPSA) is 85.3 Å². The van der Waals surface area contributed by atoms with Crippen molar-refractivity contribution in [2.24, 2.45) is 5.14 Å². The number of nitrogens with two attached hydrogens (primary N) is 1. The molecule has 1 fully saturated rings. The summed E-state index contributed by atoms with van der Waals surface area (Å²) >= 11 is 0. The van der Waals surface area contributed by atoms with Crippen LogP contribution in [0.3, 0.4) is 0 Å². The zero-order chi connectivity index (χ0) is 14.2. The highest BCUT2D eigenvalue weighted by atomic mass is 32.2. The molecule has 2 unspecified atom stereocenters. The van der Waals surface area contributed by atoms with Crippen LogP contribution in [0.5, 0.6) is 0 Å². The molecule has 1 saturated carbocycles. The monoisotopic (exact) mass is 292 g/mol. The van der Waals surface area contributed by atoms with E-state index in [2.05, 4.69) is 17.4 Å². The molecule has 3 rings (SSSR count). The van der Waals surface area contributed by atoms with Crippen LogP contribution in [0.2, 0.25) is 0 Å². The summed E-state index contributed by atoms with van der Waals surface area (Å²) < 4.78 is 27.4. The molecular weight excluding hydrogens is 276 g/mol. The maximum atomic E-state index is 11.1. The molecule has 3 N–H and O–H groups in total. The van der Waals surface area contributed by atoms with Gasteiger partial charge in [-0.3, -0.25) is 0 Å². The van der Waals surface area contributed by atoms with E-state index in [-0.39, 0.29) is 5.09 Å². The van der Waals surface area contributed by atoms with Crippen LogP contribution in [-0.4, -0.2) is 14.5 Å². The molecule has 0 radical (unpaired) electrons. The van der Waals surface area contributed by atoms with Gasteiger partial charge in [-0.25, -0.2) is 13.6 Å². The van der Waals surface area contributed by atoms with Gasteiger partial charge in [0, 0.05) is 12.0 Å². The fraction of sp³-hybridized carbons (Fsp3) is 0.286. The third-order valence-electron chi connectivity index (χ3n) is 3.47. The Balaban J connectivity index is 1.56. The van der Waals surface area contributed by atoms with Crippen molar-refractivity contribution >= 4 is 10.0 Å². The van der Waals surface area contributed by atoms with Crippen LogP contribution in [0.25, 0.3) is 0 Å². The third-order valence-corrected chi connectivity index (χ3v) is 4.25. The summed E-state index contributed by atoms with van der Waals surface area (Å²) in [5.41, 5.74) is 1.33. The van der Waals surface area contributed by atoms with Gasteiger partial charge in [0.15, 0.2) is 0 Å². The Kier molecular flexibility index (Phi) is 3.37. The van der Waals surface area contributed by atoms with Crippen LogP contribution in [0.4, 0.5) is 0 Å². The summed E-state index contributed by atoms with van der Waals surface area (Å²) in [6, 6.07) is 13.8. The highest BCUT2D eigenvalue weighted by Gasteiger charge is 2.37. The molecule has 1 aromatic heterocycles. The first kappa shape index (κ1) is 13.4. The van der Waals surface area contributed by atoms with Crippen molar-refractivity contribution in [3.8, 4) is 0 Å². The number of sulfonamides is 1. The van der Waals surface area contributed by atoms with E-state index in [1.165, 1.54) is 11.6 Å².